The van der Waals surface area contributed by atoms with Crippen LogP contribution in [0.25, 0.3) is 0 Å². The highest BCUT2D eigenvalue weighted by Gasteiger charge is 2.46. The molecular weight excluding hydrogens is 656 g/mol. The summed E-state index contributed by atoms with van der Waals surface area (Å²) in [6, 6.07) is 0. The van der Waals surface area contributed by atoms with Gasteiger partial charge in [-0.2, -0.15) is 8.42 Å². The van der Waals surface area contributed by atoms with Crippen LogP contribution in [0.3, 0.4) is 0 Å². The number of aliphatic hydroxyl groups is 3. The van der Waals surface area contributed by atoms with Gasteiger partial charge in [-0.05, 0) is 32.1 Å². The molecule has 0 aliphatic carbocycles. The number of ether oxygens (including phenoxy) is 4. The molecule has 284 valence electrons. The predicted molar refractivity (Wildman–Crippen MR) is 187 cm³/mol. The number of esters is 2. The predicted octanol–water partition coefficient (Wildman–Crippen LogP) is 5.49. The number of rotatable bonds is 28. The van der Waals surface area contributed by atoms with Crippen LogP contribution in [0, 0.1) is 0 Å². The van der Waals surface area contributed by atoms with Crippen molar-refractivity contribution in [3.8, 4) is 0 Å². The molecule has 0 aromatic heterocycles. The summed E-state index contributed by atoms with van der Waals surface area (Å²) in [4.78, 5) is 25.1. The van der Waals surface area contributed by atoms with Crippen molar-refractivity contribution >= 4 is 22.1 Å². The number of hydrogen-bond acceptors (Lipinski definition) is 11. The average molecular weight is 719 g/mol. The van der Waals surface area contributed by atoms with E-state index >= 15 is 0 Å². The molecule has 0 saturated carbocycles. The highest BCUT2D eigenvalue weighted by Crippen LogP contribution is 2.24. The molecule has 0 aromatic carbocycles. The minimum atomic E-state index is -4.60. The van der Waals surface area contributed by atoms with Crippen LogP contribution < -0.4 is 0 Å². The van der Waals surface area contributed by atoms with Crippen molar-refractivity contribution in [3.05, 3.63) is 36.5 Å². The Bertz CT molecular complexity index is 1070. The number of hydrogen-bond donors (Lipinski definition) is 4. The molecule has 0 spiro atoms. The molecule has 1 saturated heterocycles. The van der Waals surface area contributed by atoms with Gasteiger partial charge in [0.05, 0.1) is 6.61 Å². The molecule has 0 bridgehead atoms. The van der Waals surface area contributed by atoms with Crippen LogP contribution in [0.15, 0.2) is 36.5 Å². The van der Waals surface area contributed by atoms with E-state index in [1.165, 1.54) is 25.7 Å². The topological polar surface area (TPSA) is 186 Å². The van der Waals surface area contributed by atoms with Gasteiger partial charge in [-0.25, -0.2) is 0 Å². The molecular formula is C36H62O12S. The summed E-state index contributed by atoms with van der Waals surface area (Å²) >= 11 is 0. The zero-order valence-corrected chi connectivity index (χ0v) is 30.3. The molecule has 1 heterocycles. The molecule has 49 heavy (non-hydrogen) atoms. The zero-order valence-electron chi connectivity index (χ0n) is 29.5. The Morgan fingerprint density at radius 1 is 0.714 bits per heavy atom. The van der Waals surface area contributed by atoms with Crippen LogP contribution in [0.1, 0.15) is 123 Å². The van der Waals surface area contributed by atoms with Crippen LogP contribution >= 0.6 is 0 Å². The van der Waals surface area contributed by atoms with Gasteiger partial charge < -0.3 is 34.3 Å². The second-order valence-corrected chi connectivity index (χ2v) is 14.1. The first kappa shape index (κ1) is 44.9. The maximum Gasteiger partial charge on any atom is 0.306 e. The van der Waals surface area contributed by atoms with Gasteiger partial charge in [-0.1, -0.05) is 115 Å². The SMILES string of the molecule is CC/C=C/C=C/C=C/CCCCCCCC(=O)OC(COC(=O)CCCCCCCCCC)CO[C@H]1O[C@H](CS(=O)(=O)O)[C@@H](O)C(O)C1O. The van der Waals surface area contributed by atoms with Crippen molar-refractivity contribution < 1.29 is 56.8 Å². The van der Waals surface area contributed by atoms with Gasteiger partial charge in [0.15, 0.2) is 12.4 Å². The fourth-order valence-corrected chi connectivity index (χ4v) is 5.89. The zero-order chi connectivity index (χ0) is 36.3. The van der Waals surface area contributed by atoms with Crippen LogP contribution in [-0.4, -0.2) is 96.0 Å². The number of carbonyl (C=O) groups excluding carboxylic acids is 2. The summed E-state index contributed by atoms with van der Waals surface area (Å²) in [5.74, 6) is -2.02. The van der Waals surface area contributed by atoms with Crippen LogP contribution in [0.5, 0.6) is 0 Å². The van der Waals surface area contributed by atoms with Gasteiger partial charge in [0.1, 0.15) is 36.8 Å². The summed E-state index contributed by atoms with van der Waals surface area (Å²) in [7, 11) is -4.60. The summed E-state index contributed by atoms with van der Waals surface area (Å²) in [5, 5.41) is 30.6. The molecule has 12 nitrogen and oxygen atoms in total. The third kappa shape index (κ3) is 23.1. The van der Waals surface area contributed by atoms with Gasteiger partial charge in [0, 0.05) is 12.8 Å². The van der Waals surface area contributed by atoms with Gasteiger partial charge >= 0.3 is 11.9 Å². The lowest BCUT2D eigenvalue weighted by Gasteiger charge is -2.40. The first-order chi connectivity index (χ1) is 23.5. The Kier molecular flexibility index (Phi) is 25.3. The largest absolute Gasteiger partial charge is 0.462 e. The third-order valence-corrected chi connectivity index (χ3v) is 8.80. The van der Waals surface area contributed by atoms with Crippen LogP contribution in [0.2, 0.25) is 0 Å². The molecule has 1 aliphatic heterocycles. The molecule has 1 fully saturated rings. The van der Waals surface area contributed by atoms with Crippen molar-refractivity contribution in [3.63, 3.8) is 0 Å². The average Bonchev–Trinajstić information content (AvgIpc) is 3.05. The van der Waals surface area contributed by atoms with Crippen LogP contribution in [-0.2, 0) is 38.7 Å². The number of unbranched alkanes of at least 4 members (excludes halogenated alkanes) is 12. The van der Waals surface area contributed by atoms with Crippen LogP contribution in [0.4, 0.5) is 0 Å². The molecule has 1 aliphatic rings. The minimum Gasteiger partial charge on any atom is -0.462 e. The van der Waals surface area contributed by atoms with Crippen molar-refractivity contribution in [2.45, 2.75) is 160 Å². The monoisotopic (exact) mass is 718 g/mol. The molecule has 4 N–H and O–H groups in total. The number of carbonyl (C=O) groups is 2. The maximum absolute atomic E-state index is 12.7. The highest BCUT2D eigenvalue weighted by molar-refractivity contribution is 7.85. The molecule has 0 amide bonds. The smallest absolute Gasteiger partial charge is 0.306 e. The molecule has 13 heteroatoms. The van der Waals surface area contributed by atoms with Gasteiger partial charge in [0.25, 0.3) is 10.1 Å². The molecule has 0 radical (unpaired) electrons. The standard InChI is InChI=1S/C36H62O12S/c1-3-5-7-9-11-13-14-15-16-17-19-21-23-25-32(38)47-29(26-45-31(37)24-22-20-18-12-10-8-6-4-2)27-46-36-35(41)34(40)33(39)30(48-36)28-49(42,43)44/h5,7,9,11,13-14,29-30,33-36,39-41H,3-4,6,8,10,12,15-28H2,1-2H3,(H,42,43,44)/b7-5+,11-9+,14-13+/t29?,30-,33-,34?,35?,36+/m1/s1. The summed E-state index contributed by atoms with van der Waals surface area (Å²) < 4.78 is 53.6. The molecule has 0 aromatic rings. The normalized spacial score (nSPS) is 22.3. The Labute approximate surface area is 293 Å². The first-order valence-corrected chi connectivity index (χ1v) is 19.7. The fraction of sp³-hybridized carbons (Fsp3) is 0.778. The van der Waals surface area contributed by atoms with E-state index < -0.39 is 71.2 Å². The van der Waals surface area contributed by atoms with E-state index in [1.54, 1.807) is 0 Å². The van der Waals surface area contributed by atoms with Crippen molar-refractivity contribution in [2.75, 3.05) is 19.0 Å². The third-order valence-electron chi connectivity index (χ3n) is 8.05. The highest BCUT2D eigenvalue weighted by atomic mass is 32.2. The molecule has 1 rings (SSSR count). The van der Waals surface area contributed by atoms with Crippen molar-refractivity contribution in [1.82, 2.24) is 0 Å². The van der Waals surface area contributed by atoms with E-state index in [0.717, 1.165) is 57.8 Å². The second-order valence-electron chi connectivity index (χ2n) is 12.6. The van der Waals surface area contributed by atoms with E-state index in [-0.39, 0.29) is 19.4 Å². The number of aliphatic hydroxyl groups excluding tert-OH is 3. The number of allylic oxidation sites excluding steroid dienone is 6. The Morgan fingerprint density at radius 2 is 1.29 bits per heavy atom. The Balaban J connectivity index is 2.57. The lowest BCUT2D eigenvalue weighted by Crippen LogP contribution is -2.60. The van der Waals surface area contributed by atoms with Crippen molar-refractivity contribution in [2.24, 2.45) is 0 Å². The van der Waals surface area contributed by atoms with Gasteiger partial charge in [0.2, 0.25) is 0 Å². The van der Waals surface area contributed by atoms with Crippen molar-refractivity contribution in [1.29, 1.82) is 0 Å². The van der Waals surface area contributed by atoms with E-state index in [1.807, 2.05) is 24.3 Å². The van der Waals surface area contributed by atoms with E-state index in [0.29, 0.717) is 12.8 Å². The maximum atomic E-state index is 12.7. The molecule has 3 unspecified atom stereocenters. The van der Waals surface area contributed by atoms with E-state index in [9.17, 15) is 37.9 Å². The van der Waals surface area contributed by atoms with Gasteiger partial charge in [-0.3, -0.25) is 14.1 Å². The van der Waals surface area contributed by atoms with E-state index in [2.05, 4.69) is 26.0 Å². The minimum absolute atomic E-state index is 0.141. The summed E-state index contributed by atoms with van der Waals surface area (Å²) in [5.41, 5.74) is 0. The van der Waals surface area contributed by atoms with Gasteiger partial charge in [-0.15, -0.1) is 0 Å². The second kappa shape index (κ2) is 27.6. The summed E-state index contributed by atoms with van der Waals surface area (Å²) in [6.07, 6.45) is 18.0. The molecule has 6 atom stereocenters. The fourth-order valence-electron chi connectivity index (χ4n) is 5.20. The lowest BCUT2D eigenvalue weighted by atomic mass is 10.00. The Hall–Kier alpha value is -2.13. The summed E-state index contributed by atoms with van der Waals surface area (Å²) in [6.45, 7) is 3.52. The van der Waals surface area contributed by atoms with E-state index in [4.69, 9.17) is 18.9 Å². The Morgan fingerprint density at radius 3 is 1.90 bits per heavy atom. The lowest BCUT2D eigenvalue weighted by molar-refractivity contribution is -0.297. The quantitative estimate of drug-likeness (QED) is 0.0345. The first-order valence-electron chi connectivity index (χ1n) is 18.1.